The molecule has 7 heteroatoms. The number of aromatic nitrogens is 1. The minimum absolute atomic E-state index is 0.179. The van der Waals surface area contributed by atoms with Crippen molar-refractivity contribution in [2.24, 2.45) is 0 Å². The first kappa shape index (κ1) is 17.3. The minimum Gasteiger partial charge on any atom is -0.505 e. The zero-order valence-corrected chi connectivity index (χ0v) is 13.4. The topological polar surface area (TPSA) is 71.3 Å². The summed E-state index contributed by atoms with van der Waals surface area (Å²) in [6, 6.07) is 11.7. The van der Waals surface area contributed by atoms with Gasteiger partial charge in [0.25, 0.3) is 11.5 Å². The second-order valence-corrected chi connectivity index (χ2v) is 5.57. The van der Waals surface area contributed by atoms with Crippen LogP contribution in [0.2, 0.25) is 0 Å². The van der Waals surface area contributed by atoms with Gasteiger partial charge in [-0.3, -0.25) is 14.2 Å². The summed E-state index contributed by atoms with van der Waals surface area (Å²) in [6.07, 6.45) is 1.29. The van der Waals surface area contributed by atoms with Crippen molar-refractivity contribution < 1.29 is 18.7 Å². The van der Waals surface area contributed by atoms with E-state index in [1.54, 1.807) is 12.1 Å². The lowest BCUT2D eigenvalue weighted by Crippen LogP contribution is -2.25. The fourth-order valence-corrected chi connectivity index (χ4v) is 2.36. The second kappa shape index (κ2) is 7.18. The van der Waals surface area contributed by atoms with E-state index in [0.29, 0.717) is 5.56 Å². The van der Waals surface area contributed by atoms with Gasteiger partial charge in [-0.2, -0.15) is 0 Å². The maximum Gasteiger partial charge on any atom is 0.255 e. The predicted octanol–water partition coefficient (Wildman–Crippen LogP) is 2.75. The molecule has 0 aliphatic carbocycles. The van der Waals surface area contributed by atoms with Crippen LogP contribution in [0.4, 0.5) is 8.78 Å². The number of hydrogen-bond donors (Lipinski definition) is 2. The van der Waals surface area contributed by atoms with E-state index in [4.69, 9.17) is 0 Å². The van der Waals surface area contributed by atoms with E-state index in [0.717, 1.165) is 16.7 Å². The number of phenolic OH excluding ortho intramolecular Hbond substituents is 1. The summed E-state index contributed by atoms with van der Waals surface area (Å²) < 4.78 is 27.5. The highest BCUT2D eigenvalue weighted by atomic mass is 19.1. The summed E-state index contributed by atoms with van der Waals surface area (Å²) in [5.74, 6) is -2.22. The molecule has 132 valence electrons. The van der Waals surface area contributed by atoms with Crippen molar-refractivity contribution in [1.29, 1.82) is 0 Å². The Morgan fingerprint density at radius 1 is 1.04 bits per heavy atom. The molecule has 1 aromatic heterocycles. The molecule has 3 rings (SSSR count). The van der Waals surface area contributed by atoms with Crippen LogP contribution in [0.5, 0.6) is 5.75 Å². The number of nitrogens with zero attached hydrogens (tertiary/aromatic N) is 1. The third-order valence-electron chi connectivity index (χ3n) is 3.75. The predicted molar refractivity (Wildman–Crippen MR) is 91.2 cm³/mol. The monoisotopic (exact) mass is 356 g/mol. The zero-order valence-electron chi connectivity index (χ0n) is 13.4. The fourth-order valence-electron chi connectivity index (χ4n) is 2.36. The van der Waals surface area contributed by atoms with Gasteiger partial charge in [0, 0.05) is 24.9 Å². The normalized spacial score (nSPS) is 10.5. The van der Waals surface area contributed by atoms with Crippen LogP contribution in [-0.2, 0) is 6.54 Å². The van der Waals surface area contributed by atoms with E-state index in [9.17, 15) is 23.5 Å². The van der Waals surface area contributed by atoms with Gasteiger partial charge in [0.2, 0.25) is 0 Å². The Balaban J connectivity index is 1.82. The number of amides is 1. The Bertz CT molecular complexity index is 1010. The Labute approximate surface area is 147 Å². The molecule has 26 heavy (non-hydrogen) atoms. The van der Waals surface area contributed by atoms with Crippen LogP contribution in [0.15, 0.2) is 65.6 Å². The number of hydrogen-bond acceptors (Lipinski definition) is 3. The minimum atomic E-state index is -0.874. The highest BCUT2D eigenvalue weighted by Crippen LogP contribution is 2.18. The number of phenols is 1. The molecule has 0 spiro atoms. The standard InChI is InChI=1S/C19H14F2N2O3/c20-14-4-1-12(2-5-14)10-22-19(26)13-3-8-18(25)23(11-13)15-6-7-17(24)16(21)9-15/h1-9,11,24H,10H2,(H,22,26). The molecule has 5 nitrogen and oxygen atoms in total. The summed E-state index contributed by atoms with van der Waals surface area (Å²) >= 11 is 0. The van der Waals surface area contributed by atoms with Crippen LogP contribution >= 0.6 is 0 Å². The highest BCUT2D eigenvalue weighted by molar-refractivity contribution is 5.93. The summed E-state index contributed by atoms with van der Waals surface area (Å²) in [4.78, 5) is 24.3. The van der Waals surface area contributed by atoms with Crippen LogP contribution in [0.25, 0.3) is 5.69 Å². The molecular formula is C19H14F2N2O3. The van der Waals surface area contributed by atoms with Gasteiger partial charge < -0.3 is 10.4 Å². The van der Waals surface area contributed by atoms with Gasteiger partial charge in [-0.25, -0.2) is 8.78 Å². The number of halogens is 2. The van der Waals surface area contributed by atoms with E-state index in [-0.39, 0.29) is 23.6 Å². The van der Waals surface area contributed by atoms with Gasteiger partial charge in [0.05, 0.1) is 11.3 Å². The second-order valence-electron chi connectivity index (χ2n) is 5.57. The van der Waals surface area contributed by atoms with Crippen LogP contribution in [0.3, 0.4) is 0 Å². The molecule has 0 atom stereocenters. The summed E-state index contributed by atoms with van der Waals surface area (Å²) in [5, 5.41) is 11.9. The molecule has 0 bridgehead atoms. The van der Waals surface area contributed by atoms with Crippen molar-refractivity contribution in [1.82, 2.24) is 9.88 Å². The molecule has 0 aliphatic heterocycles. The quantitative estimate of drug-likeness (QED) is 0.755. The van der Waals surface area contributed by atoms with E-state index in [2.05, 4.69) is 5.32 Å². The average molecular weight is 356 g/mol. The SMILES string of the molecule is O=C(NCc1ccc(F)cc1)c1ccc(=O)n(-c2ccc(O)c(F)c2)c1. The molecule has 0 saturated heterocycles. The molecule has 3 aromatic rings. The van der Waals surface area contributed by atoms with Crippen molar-refractivity contribution in [2.75, 3.05) is 0 Å². The van der Waals surface area contributed by atoms with Crippen LogP contribution in [0, 0.1) is 11.6 Å². The van der Waals surface area contributed by atoms with Crippen molar-refractivity contribution in [3.63, 3.8) is 0 Å². The number of pyridine rings is 1. The molecular weight excluding hydrogens is 342 g/mol. The molecule has 0 unspecified atom stereocenters. The molecule has 1 heterocycles. The van der Waals surface area contributed by atoms with Gasteiger partial charge >= 0.3 is 0 Å². The molecule has 0 aliphatic rings. The number of nitrogens with one attached hydrogen (secondary N) is 1. The Hall–Kier alpha value is -3.48. The lowest BCUT2D eigenvalue weighted by atomic mass is 10.2. The maximum atomic E-state index is 13.5. The molecule has 0 fully saturated rings. The largest absolute Gasteiger partial charge is 0.505 e. The Morgan fingerprint density at radius 2 is 1.77 bits per heavy atom. The number of benzene rings is 2. The molecule has 0 saturated carbocycles. The van der Waals surface area contributed by atoms with Gasteiger partial charge in [-0.15, -0.1) is 0 Å². The first-order chi connectivity index (χ1) is 12.4. The van der Waals surface area contributed by atoms with E-state index >= 15 is 0 Å². The number of carbonyl (C=O) groups excluding carboxylic acids is 1. The molecule has 2 aromatic carbocycles. The van der Waals surface area contributed by atoms with Gasteiger partial charge in [-0.05, 0) is 35.9 Å². The summed E-state index contributed by atoms with van der Waals surface area (Å²) in [7, 11) is 0. The number of aromatic hydroxyl groups is 1. The van der Waals surface area contributed by atoms with E-state index in [1.807, 2.05) is 0 Å². The first-order valence-corrected chi connectivity index (χ1v) is 7.68. The maximum absolute atomic E-state index is 13.5. The average Bonchev–Trinajstić information content (AvgIpc) is 2.64. The molecule has 2 N–H and O–H groups in total. The molecule has 1 amide bonds. The van der Waals surface area contributed by atoms with Crippen molar-refractivity contribution in [3.05, 3.63) is 93.9 Å². The Morgan fingerprint density at radius 3 is 2.46 bits per heavy atom. The lowest BCUT2D eigenvalue weighted by Gasteiger charge is -2.10. The van der Waals surface area contributed by atoms with Crippen LogP contribution in [0.1, 0.15) is 15.9 Å². The van der Waals surface area contributed by atoms with Crippen LogP contribution in [-0.4, -0.2) is 15.6 Å². The van der Waals surface area contributed by atoms with Gasteiger partial charge in [0.1, 0.15) is 5.82 Å². The van der Waals surface area contributed by atoms with E-state index < -0.39 is 23.0 Å². The van der Waals surface area contributed by atoms with E-state index in [1.165, 1.54) is 36.5 Å². The number of rotatable bonds is 4. The van der Waals surface area contributed by atoms with Crippen molar-refractivity contribution in [3.8, 4) is 11.4 Å². The molecule has 0 radical (unpaired) electrons. The van der Waals surface area contributed by atoms with Gasteiger partial charge in [0.15, 0.2) is 11.6 Å². The Kier molecular flexibility index (Phi) is 4.79. The van der Waals surface area contributed by atoms with Crippen LogP contribution < -0.4 is 10.9 Å². The summed E-state index contributed by atoms with van der Waals surface area (Å²) in [6.45, 7) is 0.187. The van der Waals surface area contributed by atoms with Crippen molar-refractivity contribution >= 4 is 5.91 Å². The highest BCUT2D eigenvalue weighted by Gasteiger charge is 2.10. The number of carbonyl (C=O) groups is 1. The smallest absolute Gasteiger partial charge is 0.255 e. The van der Waals surface area contributed by atoms with Crippen molar-refractivity contribution in [2.45, 2.75) is 6.54 Å². The summed E-state index contributed by atoms with van der Waals surface area (Å²) in [5.41, 5.74) is 0.637. The van der Waals surface area contributed by atoms with Gasteiger partial charge in [-0.1, -0.05) is 12.1 Å². The zero-order chi connectivity index (χ0) is 18.7. The first-order valence-electron chi connectivity index (χ1n) is 7.68. The third-order valence-corrected chi connectivity index (χ3v) is 3.75. The fraction of sp³-hybridized carbons (Fsp3) is 0.0526. The third kappa shape index (κ3) is 3.77. The lowest BCUT2D eigenvalue weighted by molar-refractivity contribution is 0.0950.